The maximum atomic E-state index is 13.8. The van der Waals surface area contributed by atoms with E-state index in [1.807, 2.05) is 44.2 Å². The summed E-state index contributed by atoms with van der Waals surface area (Å²) >= 11 is 0. The van der Waals surface area contributed by atoms with Crippen LogP contribution in [0.15, 0.2) is 42.5 Å². The topological polar surface area (TPSA) is 17.1 Å². The van der Waals surface area contributed by atoms with Gasteiger partial charge in [0.25, 0.3) is 0 Å². The molecule has 0 bridgehead atoms. The van der Waals surface area contributed by atoms with E-state index in [9.17, 15) is 9.18 Å². The van der Waals surface area contributed by atoms with Crippen molar-refractivity contribution in [1.29, 1.82) is 0 Å². The first-order valence-electron chi connectivity index (χ1n) is 6.40. The first-order chi connectivity index (χ1) is 9.09. The van der Waals surface area contributed by atoms with Crippen molar-refractivity contribution in [1.82, 2.24) is 0 Å². The molecule has 0 saturated heterocycles. The van der Waals surface area contributed by atoms with Crippen molar-refractivity contribution in [3.63, 3.8) is 0 Å². The van der Waals surface area contributed by atoms with Gasteiger partial charge in [0.2, 0.25) is 0 Å². The van der Waals surface area contributed by atoms with Gasteiger partial charge in [-0.25, -0.2) is 4.39 Å². The lowest BCUT2D eigenvalue weighted by molar-refractivity contribution is 0.102. The normalized spacial score (nSPS) is 20.9. The molecule has 0 amide bonds. The van der Waals surface area contributed by atoms with Gasteiger partial charge >= 0.3 is 0 Å². The molecule has 96 valence electrons. The van der Waals surface area contributed by atoms with Crippen molar-refractivity contribution in [3.05, 3.63) is 70.3 Å². The number of ketones is 1. The molecular formula is C17H15FO. The van der Waals surface area contributed by atoms with E-state index in [4.69, 9.17) is 0 Å². The third kappa shape index (κ3) is 1.49. The monoisotopic (exact) mass is 254 g/mol. The number of aryl methyl sites for hydroxylation is 1. The van der Waals surface area contributed by atoms with Crippen LogP contribution in [0, 0.1) is 6.92 Å². The van der Waals surface area contributed by atoms with E-state index in [0.717, 1.165) is 16.7 Å². The standard InChI is InChI=1S/C17H15FO/c1-11-6-5-8-13-15(11)17(2,10-18)14-9-4-3-7-12(14)16(13)19/h3-9H,10H2,1-2H3. The molecule has 1 nitrogen and oxygen atoms in total. The Morgan fingerprint density at radius 1 is 1.05 bits per heavy atom. The van der Waals surface area contributed by atoms with Crippen LogP contribution in [0.2, 0.25) is 0 Å². The number of benzene rings is 2. The maximum Gasteiger partial charge on any atom is 0.193 e. The minimum absolute atomic E-state index is 0.000208. The van der Waals surface area contributed by atoms with Gasteiger partial charge in [0.15, 0.2) is 5.78 Å². The summed E-state index contributed by atoms with van der Waals surface area (Å²) in [7, 11) is 0. The zero-order valence-electron chi connectivity index (χ0n) is 11.0. The Morgan fingerprint density at radius 2 is 1.74 bits per heavy atom. The van der Waals surface area contributed by atoms with E-state index in [1.54, 1.807) is 12.1 Å². The fourth-order valence-electron chi connectivity index (χ4n) is 3.17. The number of halogens is 1. The zero-order valence-corrected chi connectivity index (χ0v) is 11.0. The molecule has 0 aliphatic heterocycles. The summed E-state index contributed by atoms with van der Waals surface area (Å²) in [5.41, 5.74) is 3.14. The van der Waals surface area contributed by atoms with Crippen LogP contribution >= 0.6 is 0 Å². The van der Waals surface area contributed by atoms with Crippen LogP contribution in [0.4, 0.5) is 4.39 Å². The highest BCUT2D eigenvalue weighted by Crippen LogP contribution is 2.43. The van der Waals surface area contributed by atoms with Crippen LogP contribution in [-0.2, 0) is 5.41 Å². The first-order valence-corrected chi connectivity index (χ1v) is 6.40. The van der Waals surface area contributed by atoms with Crippen LogP contribution in [0.5, 0.6) is 0 Å². The first kappa shape index (κ1) is 12.1. The van der Waals surface area contributed by atoms with Crippen LogP contribution in [0.3, 0.4) is 0 Å². The fraction of sp³-hybridized carbons (Fsp3) is 0.235. The molecule has 1 atom stereocenters. The smallest absolute Gasteiger partial charge is 0.193 e. The molecule has 0 fully saturated rings. The summed E-state index contributed by atoms with van der Waals surface area (Å²) in [6, 6.07) is 12.9. The summed E-state index contributed by atoms with van der Waals surface area (Å²) < 4.78 is 13.8. The van der Waals surface area contributed by atoms with Crippen molar-refractivity contribution in [2.75, 3.05) is 6.67 Å². The Hall–Kier alpha value is -1.96. The van der Waals surface area contributed by atoms with Gasteiger partial charge in [-0.1, -0.05) is 42.5 Å². The van der Waals surface area contributed by atoms with Gasteiger partial charge in [-0.3, -0.25) is 4.79 Å². The second kappa shape index (κ2) is 4.02. The van der Waals surface area contributed by atoms with Gasteiger partial charge in [0.1, 0.15) is 6.67 Å². The molecule has 2 aromatic carbocycles. The lowest BCUT2D eigenvalue weighted by Crippen LogP contribution is -2.35. The van der Waals surface area contributed by atoms with Crippen LogP contribution in [0.1, 0.15) is 39.5 Å². The van der Waals surface area contributed by atoms with Gasteiger partial charge in [-0.05, 0) is 30.5 Å². The number of carbonyl (C=O) groups excluding carboxylic acids is 1. The third-order valence-electron chi connectivity index (χ3n) is 4.10. The number of alkyl halides is 1. The number of hydrogen-bond donors (Lipinski definition) is 0. The van der Waals surface area contributed by atoms with Gasteiger partial charge < -0.3 is 0 Å². The molecule has 0 spiro atoms. The molecular weight excluding hydrogens is 239 g/mol. The summed E-state index contributed by atoms with van der Waals surface area (Å²) in [4.78, 5) is 12.5. The van der Waals surface area contributed by atoms with Crippen LogP contribution < -0.4 is 0 Å². The number of carbonyl (C=O) groups is 1. The molecule has 1 unspecified atom stereocenters. The molecule has 0 radical (unpaired) electrons. The lowest BCUT2D eigenvalue weighted by Gasteiger charge is -2.36. The Labute approximate surface area is 112 Å². The van der Waals surface area contributed by atoms with Gasteiger partial charge in [-0.2, -0.15) is 0 Å². The number of rotatable bonds is 1. The summed E-state index contributed by atoms with van der Waals surface area (Å²) in [6.07, 6.45) is 0. The van der Waals surface area contributed by atoms with Crippen molar-refractivity contribution < 1.29 is 9.18 Å². The molecule has 2 heteroatoms. The van der Waals surface area contributed by atoms with Crippen molar-refractivity contribution in [2.24, 2.45) is 0 Å². The fourth-order valence-corrected chi connectivity index (χ4v) is 3.17. The Morgan fingerprint density at radius 3 is 2.47 bits per heavy atom. The minimum atomic E-state index is -0.731. The molecule has 0 saturated carbocycles. The van der Waals surface area contributed by atoms with E-state index in [0.29, 0.717) is 11.1 Å². The average Bonchev–Trinajstić information content (AvgIpc) is 2.44. The second-order valence-electron chi connectivity index (χ2n) is 5.34. The second-order valence-corrected chi connectivity index (χ2v) is 5.34. The van der Waals surface area contributed by atoms with Crippen molar-refractivity contribution in [3.8, 4) is 0 Å². The van der Waals surface area contributed by atoms with Crippen LogP contribution in [-0.4, -0.2) is 12.5 Å². The molecule has 0 aromatic heterocycles. The highest BCUT2D eigenvalue weighted by Gasteiger charge is 2.40. The zero-order chi connectivity index (χ0) is 13.6. The van der Waals surface area contributed by atoms with Crippen LogP contribution in [0.25, 0.3) is 0 Å². The lowest BCUT2D eigenvalue weighted by atomic mass is 9.66. The van der Waals surface area contributed by atoms with Gasteiger partial charge in [0, 0.05) is 16.5 Å². The molecule has 0 N–H and O–H groups in total. The quantitative estimate of drug-likeness (QED) is 0.756. The summed E-state index contributed by atoms with van der Waals surface area (Å²) in [5, 5.41) is 0. The van der Waals surface area contributed by atoms with Gasteiger partial charge in [-0.15, -0.1) is 0 Å². The van der Waals surface area contributed by atoms with E-state index in [-0.39, 0.29) is 5.78 Å². The van der Waals surface area contributed by atoms with E-state index in [2.05, 4.69) is 0 Å². The third-order valence-corrected chi connectivity index (χ3v) is 4.10. The van der Waals surface area contributed by atoms with Crippen molar-refractivity contribution in [2.45, 2.75) is 19.3 Å². The number of hydrogen-bond acceptors (Lipinski definition) is 1. The Bertz CT molecular complexity index is 675. The van der Waals surface area contributed by atoms with E-state index >= 15 is 0 Å². The summed E-state index contributed by atoms with van der Waals surface area (Å²) in [5.74, 6) is 0.000208. The molecule has 19 heavy (non-hydrogen) atoms. The number of fused-ring (bicyclic) bond motifs is 2. The highest BCUT2D eigenvalue weighted by molar-refractivity contribution is 6.13. The predicted octanol–water partition coefficient (Wildman–Crippen LogP) is 3.81. The molecule has 0 heterocycles. The Balaban J connectivity index is 2.42. The summed E-state index contributed by atoms with van der Waals surface area (Å²) in [6.45, 7) is 3.31. The Kier molecular flexibility index (Phi) is 2.56. The molecule has 3 rings (SSSR count). The molecule has 2 aromatic rings. The average molecular weight is 254 g/mol. The van der Waals surface area contributed by atoms with Crippen molar-refractivity contribution >= 4 is 5.78 Å². The predicted molar refractivity (Wildman–Crippen MR) is 73.5 cm³/mol. The largest absolute Gasteiger partial charge is 0.289 e. The highest BCUT2D eigenvalue weighted by atomic mass is 19.1. The minimum Gasteiger partial charge on any atom is -0.289 e. The van der Waals surface area contributed by atoms with E-state index < -0.39 is 12.1 Å². The molecule has 1 aliphatic carbocycles. The van der Waals surface area contributed by atoms with Gasteiger partial charge in [0.05, 0.1) is 0 Å². The maximum absolute atomic E-state index is 13.8. The van der Waals surface area contributed by atoms with E-state index in [1.165, 1.54) is 0 Å². The molecule has 1 aliphatic rings. The SMILES string of the molecule is Cc1cccc2c1C(C)(CF)c1ccccc1C2=O.